The van der Waals surface area contributed by atoms with Crippen LogP contribution >= 0.6 is 0 Å². The molecule has 7 nitrogen and oxygen atoms in total. The molecular formula is C25H30N4O3. The molecule has 7 heteroatoms. The fourth-order valence-corrected chi connectivity index (χ4v) is 4.11. The molecule has 0 spiro atoms. The summed E-state index contributed by atoms with van der Waals surface area (Å²) in [7, 11) is 1.72. The maximum Gasteiger partial charge on any atom is 0.410 e. The average Bonchev–Trinajstić information content (AvgIpc) is 3.14. The molecule has 2 N–H and O–H groups in total. The van der Waals surface area contributed by atoms with Gasteiger partial charge in [-0.3, -0.25) is 10.1 Å². The van der Waals surface area contributed by atoms with Gasteiger partial charge in [0.2, 0.25) is 5.91 Å². The van der Waals surface area contributed by atoms with Crippen molar-refractivity contribution in [1.82, 2.24) is 15.5 Å². The van der Waals surface area contributed by atoms with Crippen molar-refractivity contribution in [2.24, 2.45) is 5.92 Å². The number of benzene rings is 2. The molecule has 2 amide bonds. The smallest absolute Gasteiger partial charge is 0.410 e. The molecule has 2 aliphatic rings. The summed E-state index contributed by atoms with van der Waals surface area (Å²) in [5.41, 5.74) is 3.37. The van der Waals surface area contributed by atoms with E-state index in [4.69, 9.17) is 4.74 Å². The van der Waals surface area contributed by atoms with Gasteiger partial charge in [-0.1, -0.05) is 36.4 Å². The fraction of sp³-hybridized carbons (Fsp3) is 0.360. The molecule has 0 aliphatic carbocycles. The Balaban J connectivity index is 1.61. The average molecular weight is 435 g/mol. The van der Waals surface area contributed by atoms with Crippen LogP contribution in [0.5, 0.6) is 0 Å². The van der Waals surface area contributed by atoms with E-state index in [1.54, 1.807) is 11.9 Å². The molecule has 2 unspecified atom stereocenters. The van der Waals surface area contributed by atoms with Gasteiger partial charge in [0.25, 0.3) is 0 Å². The molecule has 2 aliphatic heterocycles. The van der Waals surface area contributed by atoms with E-state index in [0.29, 0.717) is 13.2 Å². The molecule has 0 radical (unpaired) electrons. The van der Waals surface area contributed by atoms with E-state index in [-0.39, 0.29) is 24.1 Å². The maximum absolute atomic E-state index is 12.8. The number of fused-ring (bicyclic) bond motifs is 1. The Bertz CT molecular complexity index is 1030. The number of hydrogen-bond acceptors (Lipinski definition) is 5. The predicted octanol–water partition coefficient (Wildman–Crippen LogP) is 3.53. The first kappa shape index (κ1) is 21.9. The van der Waals surface area contributed by atoms with Gasteiger partial charge in [-0.15, -0.1) is 0 Å². The second kappa shape index (κ2) is 8.67. The summed E-state index contributed by atoms with van der Waals surface area (Å²) >= 11 is 0. The van der Waals surface area contributed by atoms with Gasteiger partial charge in [0.05, 0.1) is 12.6 Å². The molecule has 1 fully saturated rings. The van der Waals surface area contributed by atoms with E-state index in [1.165, 1.54) is 0 Å². The van der Waals surface area contributed by atoms with Crippen LogP contribution in [0.15, 0.2) is 60.8 Å². The number of hydrogen-bond donors (Lipinski definition) is 2. The van der Waals surface area contributed by atoms with Gasteiger partial charge < -0.3 is 19.9 Å². The summed E-state index contributed by atoms with van der Waals surface area (Å²) in [6.45, 7) is 6.40. The first-order valence-corrected chi connectivity index (χ1v) is 10.8. The standard InChI is InChI=1S/C25H30N4O3/c1-25(2,3)32-24(31)28(4)14-17-9-8-10-18(13-17)20-15-29(19-11-6-5-7-12-19)22-21(20)23(30)27-16-26-22/h5-13,15,21-22,26H,14,16H2,1-4H3,(H,27,30). The maximum atomic E-state index is 12.8. The highest BCUT2D eigenvalue weighted by molar-refractivity contribution is 5.96. The number of nitrogens with one attached hydrogen (secondary N) is 2. The highest BCUT2D eigenvalue weighted by Crippen LogP contribution is 2.38. The number of rotatable bonds is 4. The molecule has 0 bridgehead atoms. The van der Waals surface area contributed by atoms with Crippen molar-refractivity contribution in [2.75, 3.05) is 18.6 Å². The monoisotopic (exact) mass is 434 g/mol. The Morgan fingerprint density at radius 2 is 1.91 bits per heavy atom. The SMILES string of the molecule is CN(Cc1cccc(C2=CN(c3ccccc3)C3NCNC(=O)C23)c1)C(=O)OC(C)(C)C. The molecule has 2 atom stereocenters. The zero-order chi connectivity index (χ0) is 22.9. The summed E-state index contributed by atoms with van der Waals surface area (Å²) in [6.07, 6.45) is 1.54. The normalized spacial score (nSPS) is 20.3. The van der Waals surface area contributed by atoms with Crippen molar-refractivity contribution in [3.05, 3.63) is 71.9 Å². The van der Waals surface area contributed by atoms with Gasteiger partial charge in [-0.05, 0) is 55.7 Å². The van der Waals surface area contributed by atoms with E-state index in [0.717, 1.165) is 22.4 Å². The molecule has 32 heavy (non-hydrogen) atoms. The second-order valence-electron chi connectivity index (χ2n) is 9.21. The van der Waals surface area contributed by atoms with Crippen LogP contribution in [0.3, 0.4) is 0 Å². The minimum absolute atomic E-state index is 0.00899. The van der Waals surface area contributed by atoms with E-state index in [1.807, 2.05) is 75.4 Å². The molecule has 2 aromatic rings. The van der Waals surface area contributed by atoms with Crippen LogP contribution in [0.1, 0.15) is 31.9 Å². The topological polar surface area (TPSA) is 73.9 Å². The minimum Gasteiger partial charge on any atom is -0.444 e. The van der Waals surface area contributed by atoms with Crippen LogP contribution in [-0.4, -0.2) is 42.4 Å². The quantitative estimate of drug-likeness (QED) is 0.770. The third kappa shape index (κ3) is 4.62. The molecule has 2 heterocycles. The predicted molar refractivity (Wildman–Crippen MR) is 124 cm³/mol. The molecule has 2 aromatic carbocycles. The van der Waals surface area contributed by atoms with Crippen LogP contribution in [-0.2, 0) is 16.1 Å². The van der Waals surface area contributed by atoms with Crippen LogP contribution in [0, 0.1) is 5.92 Å². The number of nitrogens with zero attached hydrogens (tertiary/aromatic N) is 2. The van der Waals surface area contributed by atoms with E-state index in [9.17, 15) is 9.59 Å². The lowest BCUT2D eigenvalue weighted by Crippen LogP contribution is -2.58. The molecular weight excluding hydrogens is 404 g/mol. The zero-order valence-corrected chi connectivity index (χ0v) is 19.0. The largest absolute Gasteiger partial charge is 0.444 e. The van der Waals surface area contributed by atoms with Gasteiger partial charge in [0.15, 0.2) is 0 Å². The van der Waals surface area contributed by atoms with Crippen LogP contribution in [0.25, 0.3) is 5.57 Å². The summed E-state index contributed by atoms with van der Waals surface area (Å²) in [5.74, 6) is -0.322. The van der Waals surface area contributed by atoms with Gasteiger partial charge in [-0.25, -0.2) is 4.79 Å². The molecule has 0 saturated carbocycles. The lowest BCUT2D eigenvalue weighted by atomic mass is 9.90. The van der Waals surface area contributed by atoms with Crippen molar-refractivity contribution >= 4 is 23.3 Å². The number of carbonyl (C=O) groups is 2. The van der Waals surface area contributed by atoms with Crippen LogP contribution in [0.4, 0.5) is 10.5 Å². The number of para-hydroxylation sites is 1. The highest BCUT2D eigenvalue weighted by Gasteiger charge is 2.43. The molecule has 0 aromatic heterocycles. The molecule has 1 saturated heterocycles. The van der Waals surface area contributed by atoms with E-state index >= 15 is 0 Å². The van der Waals surface area contributed by atoms with Gasteiger partial charge in [0.1, 0.15) is 11.8 Å². The van der Waals surface area contributed by atoms with Crippen molar-refractivity contribution in [3.63, 3.8) is 0 Å². The third-order valence-corrected chi connectivity index (χ3v) is 5.52. The highest BCUT2D eigenvalue weighted by atomic mass is 16.6. The van der Waals surface area contributed by atoms with Crippen LogP contribution < -0.4 is 15.5 Å². The zero-order valence-electron chi connectivity index (χ0n) is 19.0. The fourth-order valence-electron chi connectivity index (χ4n) is 4.11. The van der Waals surface area contributed by atoms with Gasteiger partial charge in [-0.2, -0.15) is 0 Å². The molecule has 4 rings (SSSR count). The number of amides is 2. The van der Waals surface area contributed by atoms with Gasteiger partial charge >= 0.3 is 6.09 Å². The Kier molecular flexibility index (Phi) is 5.93. The summed E-state index contributed by atoms with van der Waals surface area (Å²) in [5, 5.41) is 6.34. The van der Waals surface area contributed by atoms with Gasteiger partial charge in [0, 0.05) is 25.5 Å². The summed E-state index contributed by atoms with van der Waals surface area (Å²) in [6, 6.07) is 18.0. The van der Waals surface area contributed by atoms with Crippen molar-refractivity contribution in [2.45, 2.75) is 39.1 Å². The minimum atomic E-state index is -0.543. The Morgan fingerprint density at radius 3 is 2.62 bits per heavy atom. The van der Waals surface area contributed by atoms with E-state index < -0.39 is 5.60 Å². The molecule has 168 valence electrons. The third-order valence-electron chi connectivity index (χ3n) is 5.52. The van der Waals surface area contributed by atoms with Crippen LogP contribution in [0.2, 0.25) is 0 Å². The second-order valence-corrected chi connectivity index (χ2v) is 9.21. The number of anilines is 1. The Hall–Kier alpha value is -3.32. The lowest BCUT2D eigenvalue weighted by Gasteiger charge is -2.34. The first-order valence-electron chi connectivity index (χ1n) is 10.8. The lowest BCUT2D eigenvalue weighted by molar-refractivity contribution is -0.125. The number of carbonyl (C=O) groups excluding carboxylic acids is 2. The Morgan fingerprint density at radius 1 is 1.16 bits per heavy atom. The summed E-state index contributed by atoms with van der Waals surface area (Å²) < 4.78 is 5.46. The number of ether oxygens (including phenoxy) is 1. The van der Waals surface area contributed by atoms with E-state index in [2.05, 4.69) is 21.7 Å². The first-order chi connectivity index (χ1) is 15.2. The Labute approximate surface area is 189 Å². The van der Waals surface area contributed by atoms with Crippen molar-refractivity contribution < 1.29 is 14.3 Å². The van der Waals surface area contributed by atoms with Crippen molar-refractivity contribution in [1.29, 1.82) is 0 Å². The van der Waals surface area contributed by atoms with Crippen molar-refractivity contribution in [3.8, 4) is 0 Å². The summed E-state index contributed by atoms with van der Waals surface area (Å²) in [4.78, 5) is 28.9.